The fraction of sp³-hybridized carbons (Fsp3) is 0.615. The first-order valence-electron chi connectivity index (χ1n) is 5.93. The third-order valence-corrected chi connectivity index (χ3v) is 7.94. The molecule has 17 heavy (non-hydrogen) atoms. The van der Waals surface area contributed by atoms with Crippen LogP contribution in [0, 0.1) is 6.92 Å². The van der Waals surface area contributed by atoms with Crippen LogP contribution in [0.5, 0.6) is 5.75 Å². The van der Waals surface area contributed by atoms with Crippen LogP contribution in [0.4, 0.5) is 0 Å². The van der Waals surface area contributed by atoms with Crippen LogP contribution in [-0.4, -0.2) is 18.4 Å². The Balaban J connectivity index is 2.77. The van der Waals surface area contributed by atoms with Gasteiger partial charge in [0.2, 0.25) is 0 Å². The van der Waals surface area contributed by atoms with E-state index in [9.17, 15) is 5.11 Å². The lowest BCUT2D eigenvalue weighted by Gasteiger charge is -2.36. The first kappa shape index (κ1) is 14.2. The van der Waals surface area contributed by atoms with Crippen molar-refractivity contribution in [1.29, 1.82) is 0 Å². The first-order valence-corrected chi connectivity index (χ1v) is 8.84. The SMILES string of the molecule is Cc1ccc(O)c(CO[Si](C)(C)C(C)(C)C)n1. The Morgan fingerprint density at radius 1 is 1.29 bits per heavy atom. The molecule has 0 spiro atoms. The van der Waals surface area contributed by atoms with Gasteiger partial charge >= 0.3 is 0 Å². The van der Waals surface area contributed by atoms with Crippen LogP contribution in [0.2, 0.25) is 18.1 Å². The topological polar surface area (TPSA) is 42.4 Å². The minimum absolute atomic E-state index is 0.173. The standard InChI is InChI=1S/C13H23NO2Si/c1-10-7-8-12(15)11(14-10)9-16-17(5,6)13(2,3)4/h7-8,15H,9H2,1-6H3. The molecule has 0 fully saturated rings. The Bertz CT molecular complexity index is 397. The summed E-state index contributed by atoms with van der Waals surface area (Å²) in [7, 11) is -1.78. The summed E-state index contributed by atoms with van der Waals surface area (Å²) >= 11 is 0. The zero-order valence-corrected chi connectivity index (χ0v) is 12.7. The third kappa shape index (κ3) is 3.54. The molecule has 0 aliphatic heterocycles. The summed E-state index contributed by atoms with van der Waals surface area (Å²) in [5.41, 5.74) is 1.53. The van der Waals surface area contributed by atoms with E-state index < -0.39 is 8.32 Å². The maximum atomic E-state index is 9.71. The van der Waals surface area contributed by atoms with Crippen LogP contribution in [0.25, 0.3) is 0 Å². The Morgan fingerprint density at radius 2 is 1.88 bits per heavy atom. The highest BCUT2D eigenvalue weighted by Crippen LogP contribution is 2.37. The van der Waals surface area contributed by atoms with E-state index in [4.69, 9.17) is 4.43 Å². The minimum Gasteiger partial charge on any atom is -0.506 e. The summed E-state index contributed by atoms with van der Waals surface area (Å²) in [5, 5.41) is 9.88. The number of nitrogens with zero attached hydrogens (tertiary/aromatic N) is 1. The highest BCUT2D eigenvalue weighted by atomic mass is 28.4. The molecule has 1 rings (SSSR count). The fourth-order valence-electron chi connectivity index (χ4n) is 1.17. The van der Waals surface area contributed by atoms with Gasteiger partial charge in [-0.05, 0) is 37.2 Å². The van der Waals surface area contributed by atoms with Crippen LogP contribution in [0.1, 0.15) is 32.2 Å². The molecule has 0 unspecified atom stereocenters. The molecule has 0 saturated carbocycles. The first-order chi connectivity index (χ1) is 7.63. The van der Waals surface area contributed by atoms with Gasteiger partial charge in [0.15, 0.2) is 8.32 Å². The van der Waals surface area contributed by atoms with Crippen molar-refractivity contribution in [3.63, 3.8) is 0 Å². The van der Waals surface area contributed by atoms with Gasteiger partial charge in [0.05, 0.1) is 6.61 Å². The maximum absolute atomic E-state index is 9.71. The van der Waals surface area contributed by atoms with E-state index in [1.54, 1.807) is 12.1 Å². The van der Waals surface area contributed by atoms with E-state index >= 15 is 0 Å². The summed E-state index contributed by atoms with van der Waals surface area (Å²) < 4.78 is 6.03. The normalized spacial score (nSPS) is 12.8. The van der Waals surface area contributed by atoms with Crippen molar-refractivity contribution in [3.8, 4) is 5.75 Å². The molecule has 0 radical (unpaired) electrons. The van der Waals surface area contributed by atoms with Crippen molar-refractivity contribution < 1.29 is 9.53 Å². The van der Waals surface area contributed by atoms with Crippen LogP contribution in [-0.2, 0) is 11.0 Å². The van der Waals surface area contributed by atoms with Crippen molar-refractivity contribution in [1.82, 2.24) is 4.98 Å². The van der Waals surface area contributed by atoms with E-state index in [0.717, 1.165) is 5.69 Å². The Hall–Kier alpha value is -0.873. The molecule has 1 aromatic rings. The number of hydrogen-bond acceptors (Lipinski definition) is 3. The largest absolute Gasteiger partial charge is 0.506 e. The van der Waals surface area contributed by atoms with Gasteiger partial charge in [-0.2, -0.15) is 0 Å². The van der Waals surface area contributed by atoms with Gasteiger partial charge in [0, 0.05) is 5.69 Å². The predicted molar refractivity (Wildman–Crippen MR) is 72.6 cm³/mol. The Kier molecular flexibility index (Phi) is 3.99. The molecular formula is C13H23NO2Si. The molecule has 1 N–H and O–H groups in total. The molecule has 0 bridgehead atoms. The lowest BCUT2D eigenvalue weighted by Crippen LogP contribution is -2.40. The molecule has 1 aromatic heterocycles. The summed E-state index contributed by atoms with van der Waals surface area (Å²) in [6, 6.07) is 3.47. The van der Waals surface area contributed by atoms with Gasteiger partial charge in [-0.15, -0.1) is 0 Å². The average molecular weight is 253 g/mol. The molecule has 4 heteroatoms. The second kappa shape index (κ2) is 4.78. The fourth-order valence-corrected chi connectivity index (χ4v) is 2.11. The minimum atomic E-state index is -1.78. The lowest BCUT2D eigenvalue weighted by molar-refractivity contribution is 0.266. The van der Waals surface area contributed by atoms with Crippen molar-refractivity contribution in [2.45, 2.75) is 52.4 Å². The van der Waals surface area contributed by atoms with Gasteiger partial charge < -0.3 is 9.53 Å². The maximum Gasteiger partial charge on any atom is 0.192 e. The average Bonchev–Trinajstić information content (AvgIpc) is 2.18. The van der Waals surface area contributed by atoms with Crippen LogP contribution in [0.15, 0.2) is 12.1 Å². The molecule has 0 saturated heterocycles. The van der Waals surface area contributed by atoms with Gasteiger partial charge in [-0.25, -0.2) is 0 Å². The molecule has 3 nitrogen and oxygen atoms in total. The van der Waals surface area contributed by atoms with Gasteiger partial charge in [-0.1, -0.05) is 20.8 Å². The van der Waals surface area contributed by atoms with E-state index in [0.29, 0.717) is 12.3 Å². The number of rotatable bonds is 3. The number of aryl methyl sites for hydroxylation is 1. The zero-order chi connectivity index (χ0) is 13.3. The van der Waals surface area contributed by atoms with E-state index in [1.807, 2.05) is 6.92 Å². The molecule has 0 aliphatic carbocycles. The van der Waals surface area contributed by atoms with Crippen LogP contribution >= 0.6 is 0 Å². The Morgan fingerprint density at radius 3 is 2.41 bits per heavy atom. The van der Waals surface area contributed by atoms with E-state index in [-0.39, 0.29) is 10.8 Å². The van der Waals surface area contributed by atoms with Gasteiger partial charge in [-0.3, -0.25) is 4.98 Å². The molecule has 0 aromatic carbocycles. The van der Waals surface area contributed by atoms with E-state index in [2.05, 4.69) is 38.8 Å². The second-order valence-corrected chi connectivity index (χ2v) is 10.8. The number of aromatic hydroxyl groups is 1. The van der Waals surface area contributed by atoms with Crippen molar-refractivity contribution in [2.24, 2.45) is 0 Å². The highest BCUT2D eigenvalue weighted by molar-refractivity contribution is 6.74. The number of aromatic nitrogens is 1. The zero-order valence-electron chi connectivity index (χ0n) is 11.7. The smallest absolute Gasteiger partial charge is 0.192 e. The van der Waals surface area contributed by atoms with Crippen molar-refractivity contribution in [3.05, 3.63) is 23.5 Å². The summed E-state index contributed by atoms with van der Waals surface area (Å²) in [6.45, 7) is 13.3. The van der Waals surface area contributed by atoms with Crippen LogP contribution < -0.4 is 0 Å². The van der Waals surface area contributed by atoms with Gasteiger partial charge in [0.1, 0.15) is 11.4 Å². The lowest BCUT2D eigenvalue weighted by atomic mass is 10.2. The van der Waals surface area contributed by atoms with Gasteiger partial charge in [0.25, 0.3) is 0 Å². The molecular weight excluding hydrogens is 230 g/mol. The highest BCUT2D eigenvalue weighted by Gasteiger charge is 2.37. The summed E-state index contributed by atoms with van der Waals surface area (Å²) in [4.78, 5) is 4.31. The molecule has 0 atom stereocenters. The van der Waals surface area contributed by atoms with E-state index in [1.165, 1.54) is 0 Å². The summed E-state index contributed by atoms with van der Waals surface area (Å²) in [5.74, 6) is 0.217. The monoisotopic (exact) mass is 253 g/mol. The van der Waals surface area contributed by atoms with Crippen molar-refractivity contribution in [2.75, 3.05) is 0 Å². The molecule has 1 heterocycles. The molecule has 0 aliphatic rings. The van der Waals surface area contributed by atoms with Crippen LogP contribution in [0.3, 0.4) is 0 Å². The number of hydrogen-bond donors (Lipinski definition) is 1. The van der Waals surface area contributed by atoms with Crippen molar-refractivity contribution >= 4 is 8.32 Å². The third-order valence-electron chi connectivity index (χ3n) is 3.47. The Labute approximate surface area is 105 Å². The second-order valence-electron chi connectivity index (χ2n) is 5.97. The summed E-state index contributed by atoms with van der Waals surface area (Å²) in [6.07, 6.45) is 0. The number of pyridine rings is 1. The predicted octanol–water partition coefficient (Wildman–Crippen LogP) is 3.62. The molecule has 96 valence electrons. The quantitative estimate of drug-likeness (QED) is 0.837. The molecule has 0 amide bonds.